The van der Waals surface area contributed by atoms with Crippen molar-refractivity contribution in [3.8, 4) is 0 Å². The first-order valence-electron chi connectivity index (χ1n) is 9.01. The van der Waals surface area contributed by atoms with Crippen LogP contribution in [0.1, 0.15) is 45.6 Å². The quantitative estimate of drug-likeness (QED) is 0.733. The fourth-order valence-electron chi connectivity index (χ4n) is 3.41. The molecule has 1 amide bonds. The average molecular weight is 379 g/mol. The third-order valence-corrected chi connectivity index (χ3v) is 5.42. The summed E-state index contributed by atoms with van der Waals surface area (Å²) in [5, 5.41) is 4.06. The molecule has 0 spiro atoms. The number of hydrogen-bond acceptors (Lipinski definition) is 6. The molecule has 0 unspecified atom stereocenters. The van der Waals surface area contributed by atoms with Gasteiger partial charge in [-0.1, -0.05) is 18.2 Å². The van der Waals surface area contributed by atoms with E-state index in [1.165, 1.54) is 0 Å². The average Bonchev–Trinajstić information content (AvgIpc) is 3.30. The van der Waals surface area contributed by atoms with Crippen molar-refractivity contribution in [1.82, 2.24) is 19.9 Å². The first kappa shape index (κ1) is 17.6. The van der Waals surface area contributed by atoms with E-state index in [0.717, 1.165) is 35.1 Å². The highest BCUT2D eigenvalue weighted by Crippen LogP contribution is 2.33. The zero-order valence-corrected chi connectivity index (χ0v) is 16.2. The minimum atomic E-state index is -0.0296. The lowest BCUT2D eigenvalue weighted by Gasteiger charge is -2.25. The number of anilines is 2. The van der Waals surface area contributed by atoms with Gasteiger partial charge >= 0.3 is 0 Å². The molecule has 3 heterocycles. The standard InChI is InChI=1S/C20H21N5OS/c1-13-12-21-20(27-13)24-18-11-16(22-14(2)23-18)17-9-6-10-25(17)19(26)15-7-4-3-5-8-15/h3-5,7-8,11-12,17H,6,9-10H2,1-2H3,(H,21,22,23,24)/t17-/m0/s1. The molecule has 138 valence electrons. The fourth-order valence-corrected chi connectivity index (χ4v) is 4.08. The van der Waals surface area contributed by atoms with Crippen LogP contribution in [0, 0.1) is 13.8 Å². The second-order valence-electron chi connectivity index (χ2n) is 6.65. The molecular formula is C20H21N5OS. The van der Waals surface area contributed by atoms with Crippen LogP contribution in [-0.4, -0.2) is 32.3 Å². The number of hydrogen-bond donors (Lipinski definition) is 1. The molecule has 7 heteroatoms. The van der Waals surface area contributed by atoms with Crippen molar-refractivity contribution < 1.29 is 4.79 Å². The molecule has 1 fully saturated rings. The van der Waals surface area contributed by atoms with E-state index in [4.69, 9.17) is 0 Å². The molecule has 2 aromatic heterocycles. The number of rotatable bonds is 4. The second kappa shape index (κ2) is 7.44. The maximum absolute atomic E-state index is 13.0. The molecule has 6 nitrogen and oxygen atoms in total. The molecule has 0 aliphatic carbocycles. The van der Waals surface area contributed by atoms with Crippen LogP contribution in [0.3, 0.4) is 0 Å². The summed E-state index contributed by atoms with van der Waals surface area (Å²) in [6.07, 6.45) is 3.71. The van der Waals surface area contributed by atoms with Gasteiger partial charge in [0.25, 0.3) is 5.91 Å². The lowest BCUT2D eigenvalue weighted by molar-refractivity contribution is 0.0732. The van der Waals surface area contributed by atoms with Gasteiger partial charge in [-0.3, -0.25) is 4.79 Å². The number of aromatic nitrogens is 3. The Balaban J connectivity index is 1.60. The molecule has 3 aromatic rings. The smallest absolute Gasteiger partial charge is 0.254 e. The normalized spacial score (nSPS) is 16.5. The number of carbonyl (C=O) groups is 1. The summed E-state index contributed by atoms with van der Waals surface area (Å²) < 4.78 is 0. The van der Waals surface area contributed by atoms with Crippen molar-refractivity contribution in [2.24, 2.45) is 0 Å². The van der Waals surface area contributed by atoms with E-state index in [9.17, 15) is 4.79 Å². The lowest BCUT2D eigenvalue weighted by atomic mass is 10.1. The molecule has 27 heavy (non-hydrogen) atoms. The minimum absolute atomic E-state index is 0.0296. The van der Waals surface area contributed by atoms with Crippen molar-refractivity contribution in [1.29, 1.82) is 0 Å². The van der Waals surface area contributed by atoms with E-state index in [0.29, 0.717) is 17.2 Å². The summed E-state index contributed by atoms with van der Waals surface area (Å²) in [5.74, 6) is 1.45. The van der Waals surface area contributed by atoms with Gasteiger partial charge in [0.15, 0.2) is 5.13 Å². The van der Waals surface area contributed by atoms with Crippen molar-refractivity contribution in [3.05, 3.63) is 64.6 Å². The summed E-state index contributed by atoms with van der Waals surface area (Å²) in [5.41, 5.74) is 1.59. The van der Waals surface area contributed by atoms with Gasteiger partial charge in [0, 0.05) is 29.2 Å². The van der Waals surface area contributed by atoms with Crippen molar-refractivity contribution in [2.75, 3.05) is 11.9 Å². The number of thiazole rings is 1. The number of benzene rings is 1. The van der Waals surface area contributed by atoms with Crippen LogP contribution in [0.4, 0.5) is 10.9 Å². The maximum atomic E-state index is 13.0. The third-order valence-electron chi connectivity index (χ3n) is 4.59. The molecule has 1 aliphatic rings. The van der Waals surface area contributed by atoms with Gasteiger partial charge in [0.2, 0.25) is 0 Å². The van der Waals surface area contributed by atoms with Gasteiger partial charge in [-0.25, -0.2) is 15.0 Å². The van der Waals surface area contributed by atoms with Crippen LogP contribution in [0.25, 0.3) is 0 Å². The zero-order chi connectivity index (χ0) is 18.8. The van der Waals surface area contributed by atoms with Crippen LogP contribution >= 0.6 is 11.3 Å². The predicted octanol–water partition coefficient (Wildman–Crippen LogP) is 4.27. The van der Waals surface area contributed by atoms with Crippen LogP contribution in [0.15, 0.2) is 42.6 Å². The Labute approximate surface area is 162 Å². The van der Waals surface area contributed by atoms with Gasteiger partial charge in [-0.15, -0.1) is 11.3 Å². The second-order valence-corrected chi connectivity index (χ2v) is 7.88. The first-order valence-corrected chi connectivity index (χ1v) is 9.83. The molecule has 0 radical (unpaired) electrons. The van der Waals surface area contributed by atoms with E-state index < -0.39 is 0 Å². The zero-order valence-electron chi connectivity index (χ0n) is 15.3. The van der Waals surface area contributed by atoms with E-state index in [1.54, 1.807) is 11.3 Å². The number of nitrogens with one attached hydrogen (secondary N) is 1. The van der Waals surface area contributed by atoms with Gasteiger partial charge in [-0.05, 0) is 38.8 Å². The summed E-state index contributed by atoms with van der Waals surface area (Å²) in [7, 11) is 0. The van der Waals surface area contributed by atoms with Crippen molar-refractivity contribution in [2.45, 2.75) is 32.7 Å². The molecule has 1 atom stereocenters. The Hall–Kier alpha value is -2.80. The fraction of sp³-hybridized carbons (Fsp3) is 0.300. The minimum Gasteiger partial charge on any atom is -0.330 e. The summed E-state index contributed by atoms with van der Waals surface area (Å²) in [6, 6.07) is 11.3. The van der Waals surface area contributed by atoms with E-state index in [1.807, 2.05) is 61.3 Å². The number of likely N-dealkylation sites (tertiary alicyclic amines) is 1. The summed E-state index contributed by atoms with van der Waals surface area (Å²) in [6.45, 7) is 4.64. The molecule has 0 saturated carbocycles. The Kier molecular flexibility index (Phi) is 4.85. The summed E-state index contributed by atoms with van der Waals surface area (Å²) in [4.78, 5) is 29.5. The van der Waals surface area contributed by atoms with Crippen molar-refractivity contribution >= 4 is 28.2 Å². The third kappa shape index (κ3) is 3.83. The molecule has 0 bridgehead atoms. The topological polar surface area (TPSA) is 71.0 Å². The SMILES string of the molecule is Cc1nc(Nc2ncc(C)s2)cc([C@@H]2CCCN2C(=O)c2ccccc2)n1. The number of amides is 1. The highest BCUT2D eigenvalue weighted by atomic mass is 32.1. The van der Waals surface area contributed by atoms with E-state index in [-0.39, 0.29) is 11.9 Å². The molecule has 1 aromatic carbocycles. The van der Waals surface area contributed by atoms with Gasteiger partial charge in [-0.2, -0.15) is 0 Å². The Morgan fingerprint density at radius 1 is 1.22 bits per heavy atom. The lowest BCUT2D eigenvalue weighted by Crippen LogP contribution is -2.31. The predicted molar refractivity (Wildman–Crippen MR) is 106 cm³/mol. The Morgan fingerprint density at radius 3 is 2.78 bits per heavy atom. The molecule has 4 rings (SSSR count). The molecule has 1 saturated heterocycles. The van der Waals surface area contributed by atoms with Gasteiger partial charge in [0.05, 0.1) is 11.7 Å². The van der Waals surface area contributed by atoms with Gasteiger partial charge in [0.1, 0.15) is 11.6 Å². The van der Waals surface area contributed by atoms with Gasteiger partial charge < -0.3 is 10.2 Å². The summed E-state index contributed by atoms with van der Waals surface area (Å²) >= 11 is 1.58. The number of carbonyl (C=O) groups excluding carboxylic acids is 1. The van der Waals surface area contributed by atoms with Crippen molar-refractivity contribution in [3.63, 3.8) is 0 Å². The maximum Gasteiger partial charge on any atom is 0.254 e. The van der Waals surface area contributed by atoms with E-state index >= 15 is 0 Å². The van der Waals surface area contributed by atoms with Crippen LogP contribution in [0.2, 0.25) is 0 Å². The number of nitrogens with zero attached hydrogens (tertiary/aromatic N) is 4. The largest absolute Gasteiger partial charge is 0.330 e. The Morgan fingerprint density at radius 2 is 2.04 bits per heavy atom. The highest BCUT2D eigenvalue weighted by Gasteiger charge is 2.32. The van der Waals surface area contributed by atoms with Crippen LogP contribution in [-0.2, 0) is 0 Å². The molecule has 1 N–H and O–H groups in total. The van der Waals surface area contributed by atoms with Crippen LogP contribution < -0.4 is 5.32 Å². The molecule has 1 aliphatic heterocycles. The van der Waals surface area contributed by atoms with E-state index in [2.05, 4.69) is 20.3 Å². The first-order chi connectivity index (χ1) is 13.1. The van der Waals surface area contributed by atoms with Crippen LogP contribution in [0.5, 0.6) is 0 Å². The number of aryl methyl sites for hydroxylation is 2. The highest BCUT2D eigenvalue weighted by molar-refractivity contribution is 7.15. The molecular weight excluding hydrogens is 358 g/mol. The Bertz CT molecular complexity index is 956. The monoisotopic (exact) mass is 379 g/mol.